The van der Waals surface area contributed by atoms with Gasteiger partial charge in [-0.15, -0.1) is 0 Å². The molecule has 9 nitrogen and oxygen atoms in total. The Hall–Kier alpha value is -3.83. The molecular weight excluding hydrogens is 503 g/mol. The van der Waals surface area contributed by atoms with Gasteiger partial charge >= 0.3 is 12.1 Å². The van der Waals surface area contributed by atoms with Crippen LogP contribution in [0.2, 0.25) is 0 Å². The lowest BCUT2D eigenvalue weighted by Gasteiger charge is -2.35. The zero-order chi connectivity index (χ0) is 27.8. The fourth-order valence-corrected chi connectivity index (χ4v) is 5.35. The summed E-state index contributed by atoms with van der Waals surface area (Å²) in [5, 5.41) is 7.27. The molecule has 1 aliphatic rings. The predicted octanol–water partition coefficient (Wildman–Crippen LogP) is 3.48. The second-order valence-electron chi connectivity index (χ2n) is 9.63. The van der Waals surface area contributed by atoms with E-state index in [0.717, 1.165) is 10.6 Å². The van der Waals surface area contributed by atoms with Crippen LogP contribution in [0.3, 0.4) is 0 Å². The normalized spacial score (nSPS) is 15.5. The number of nitrogens with zero attached hydrogens (tertiary/aromatic N) is 3. The van der Waals surface area contributed by atoms with Crippen molar-refractivity contribution in [1.82, 2.24) is 24.8 Å². The molecule has 3 aromatic rings. The van der Waals surface area contributed by atoms with Gasteiger partial charge in [-0.25, -0.2) is 4.52 Å². The summed E-state index contributed by atoms with van der Waals surface area (Å²) in [4.78, 5) is 41.0. The molecule has 3 aromatic heterocycles. The number of nitrogens with one attached hydrogen (secondary N) is 2. The van der Waals surface area contributed by atoms with Crippen LogP contribution in [-0.2, 0) is 11.3 Å². The van der Waals surface area contributed by atoms with Crippen molar-refractivity contribution in [2.45, 2.75) is 52.3 Å². The molecule has 0 bridgehead atoms. The van der Waals surface area contributed by atoms with Crippen LogP contribution >= 0.6 is 0 Å². The van der Waals surface area contributed by atoms with Crippen LogP contribution in [0.25, 0.3) is 5.52 Å². The molecular formula is C26H30F3N5O4. The van der Waals surface area contributed by atoms with Crippen LogP contribution in [0.5, 0.6) is 5.75 Å². The highest BCUT2D eigenvalue weighted by atomic mass is 19.4. The highest BCUT2D eigenvalue weighted by Crippen LogP contribution is 2.37. The molecule has 204 valence electrons. The first-order chi connectivity index (χ1) is 17.9. The van der Waals surface area contributed by atoms with Crippen molar-refractivity contribution >= 4 is 17.3 Å². The lowest BCUT2D eigenvalue weighted by molar-refractivity contribution is -0.186. The fraction of sp³-hybridized carbons (Fsp3) is 0.462. The second-order valence-corrected chi connectivity index (χ2v) is 9.63. The van der Waals surface area contributed by atoms with Gasteiger partial charge in [0.15, 0.2) is 0 Å². The van der Waals surface area contributed by atoms with Gasteiger partial charge < -0.3 is 19.9 Å². The van der Waals surface area contributed by atoms with E-state index in [1.54, 1.807) is 35.8 Å². The molecule has 0 saturated carbocycles. The Morgan fingerprint density at radius 2 is 1.95 bits per heavy atom. The number of ether oxygens (including phenoxy) is 1. The topological polar surface area (TPSA) is 109 Å². The molecule has 1 fully saturated rings. The number of H-pyrrole nitrogens is 1. The fourth-order valence-electron chi connectivity index (χ4n) is 5.35. The van der Waals surface area contributed by atoms with Crippen molar-refractivity contribution in [3.8, 4) is 5.75 Å². The number of likely N-dealkylation sites (tertiary alicyclic amines) is 1. The maximum atomic E-state index is 13.4. The van der Waals surface area contributed by atoms with Crippen LogP contribution in [0.15, 0.2) is 29.2 Å². The minimum Gasteiger partial charge on any atom is -0.496 e. The molecule has 12 heteroatoms. The summed E-state index contributed by atoms with van der Waals surface area (Å²) in [6.45, 7) is 5.50. The molecule has 1 saturated heterocycles. The smallest absolute Gasteiger partial charge is 0.471 e. The third-order valence-electron chi connectivity index (χ3n) is 7.30. The summed E-state index contributed by atoms with van der Waals surface area (Å²) in [7, 11) is 1.45. The van der Waals surface area contributed by atoms with Gasteiger partial charge in [0, 0.05) is 36.6 Å². The number of aromatic nitrogens is 3. The number of aromatic amines is 1. The number of alkyl halides is 3. The molecule has 38 heavy (non-hydrogen) atoms. The van der Waals surface area contributed by atoms with Crippen molar-refractivity contribution in [2.24, 2.45) is 5.92 Å². The maximum Gasteiger partial charge on any atom is 0.471 e. The van der Waals surface area contributed by atoms with E-state index in [2.05, 4.69) is 15.4 Å². The molecule has 2 amide bonds. The zero-order valence-corrected chi connectivity index (χ0v) is 21.6. The number of amides is 2. The van der Waals surface area contributed by atoms with Crippen LogP contribution in [-0.4, -0.2) is 57.7 Å². The molecule has 1 unspecified atom stereocenters. The second kappa shape index (κ2) is 10.5. The van der Waals surface area contributed by atoms with Gasteiger partial charge in [-0.05, 0) is 56.4 Å². The largest absolute Gasteiger partial charge is 0.496 e. The van der Waals surface area contributed by atoms with Crippen LogP contribution < -0.4 is 15.6 Å². The highest BCUT2D eigenvalue weighted by molar-refractivity contribution is 6.03. The number of aryl methyl sites for hydroxylation is 1. The Labute approximate surface area is 217 Å². The summed E-state index contributed by atoms with van der Waals surface area (Å²) in [5.74, 6) is -1.97. The summed E-state index contributed by atoms with van der Waals surface area (Å²) in [5.41, 5.74) is 3.05. The maximum absolute atomic E-state index is 13.4. The molecule has 4 rings (SSSR count). The summed E-state index contributed by atoms with van der Waals surface area (Å²) in [6, 6.07) is 5.17. The number of rotatable bonds is 6. The Bertz CT molecular complexity index is 1420. The third-order valence-corrected chi connectivity index (χ3v) is 7.30. The zero-order valence-electron chi connectivity index (χ0n) is 21.6. The number of halogens is 3. The van der Waals surface area contributed by atoms with Crippen molar-refractivity contribution < 1.29 is 27.5 Å². The van der Waals surface area contributed by atoms with Gasteiger partial charge in [-0.2, -0.15) is 18.3 Å². The summed E-state index contributed by atoms with van der Waals surface area (Å²) < 4.78 is 45.5. The number of pyridine rings is 1. The van der Waals surface area contributed by atoms with E-state index in [4.69, 9.17) is 4.74 Å². The predicted molar refractivity (Wildman–Crippen MR) is 133 cm³/mol. The quantitative estimate of drug-likeness (QED) is 0.504. The first-order valence-corrected chi connectivity index (χ1v) is 12.3. The first-order valence-electron chi connectivity index (χ1n) is 12.3. The van der Waals surface area contributed by atoms with Gasteiger partial charge in [0.05, 0.1) is 30.3 Å². The minimum atomic E-state index is -4.88. The molecule has 1 atom stereocenters. The summed E-state index contributed by atoms with van der Waals surface area (Å²) >= 11 is 0. The van der Waals surface area contributed by atoms with E-state index in [-0.39, 0.29) is 42.9 Å². The third kappa shape index (κ3) is 5.11. The van der Waals surface area contributed by atoms with Crippen molar-refractivity contribution in [1.29, 1.82) is 0 Å². The van der Waals surface area contributed by atoms with Gasteiger partial charge in [0.1, 0.15) is 5.75 Å². The summed E-state index contributed by atoms with van der Waals surface area (Å²) in [6.07, 6.45) is -2.47. The molecule has 1 aliphatic heterocycles. The number of carbonyl (C=O) groups excluding carboxylic acids is 2. The molecule has 0 aliphatic carbocycles. The van der Waals surface area contributed by atoms with E-state index in [1.807, 2.05) is 13.8 Å². The van der Waals surface area contributed by atoms with Crippen molar-refractivity contribution in [2.75, 3.05) is 20.2 Å². The Morgan fingerprint density at radius 3 is 2.58 bits per heavy atom. The van der Waals surface area contributed by atoms with E-state index in [0.29, 0.717) is 46.5 Å². The number of hydrogen-bond acceptors (Lipinski definition) is 5. The molecule has 0 aromatic carbocycles. The van der Waals surface area contributed by atoms with Gasteiger partial charge in [-0.1, -0.05) is 6.92 Å². The number of carbonyl (C=O) groups is 2. The molecule has 4 heterocycles. The average molecular weight is 534 g/mol. The highest BCUT2D eigenvalue weighted by Gasteiger charge is 2.44. The Morgan fingerprint density at radius 1 is 1.26 bits per heavy atom. The van der Waals surface area contributed by atoms with E-state index < -0.39 is 12.1 Å². The van der Waals surface area contributed by atoms with E-state index in [9.17, 15) is 27.6 Å². The Balaban J connectivity index is 1.58. The van der Waals surface area contributed by atoms with Crippen LogP contribution in [0.1, 0.15) is 58.6 Å². The van der Waals surface area contributed by atoms with E-state index in [1.165, 1.54) is 7.11 Å². The minimum absolute atomic E-state index is 0.00243. The van der Waals surface area contributed by atoms with Crippen molar-refractivity contribution in [3.63, 3.8) is 0 Å². The molecule has 2 N–H and O–H groups in total. The lowest BCUT2D eigenvalue weighted by Crippen LogP contribution is -2.45. The standard InChI is InChI=1S/C26H30F3N5O4/c1-14-12-20(38-4)18(23(35)32-14)13-30-24(36)21-16(3)22(34-19(21)6-5-9-31-34)15(2)17-7-10-33(11-8-17)25(37)26(27,28)29/h5-6,9,12,15,17H,7-8,10-11,13H2,1-4H3,(H,30,36)(H,32,35). The molecule has 0 radical (unpaired) electrons. The van der Waals surface area contributed by atoms with Gasteiger partial charge in [0.2, 0.25) is 0 Å². The van der Waals surface area contributed by atoms with Gasteiger partial charge in [0.25, 0.3) is 11.5 Å². The first kappa shape index (κ1) is 27.2. The lowest BCUT2D eigenvalue weighted by atomic mass is 9.82. The van der Waals surface area contributed by atoms with Crippen molar-refractivity contribution in [3.05, 3.63) is 62.8 Å². The number of piperidine rings is 1. The number of methoxy groups -OCH3 is 1. The van der Waals surface area contributed by atoms with E-state index >= 15 is 0 Å². The molecule has 0 spiro atoms. The monoisotopic (exact) mass is 533 g/mol. The van der Waals surface area contributed by atoms with Crippen LogP contribution in [0.4, 0.5) is 13.2 Å². The van der Waals surface area contributed by atoms with Gasteiger partial charge in [-0.3, -0.25) is 14.4 Å². The number of fused-ring (bicyclic) bond motifs is 1. The average Bonchev–Trinajstić information content (AvgIpc) is 3.17. The number of hydrogen-bond donors (Lipinski definition) is 2. The SMILES string of the molecule is COc1cc(C)[nH]c(=O)c1CNC(=O)c1c(C)c(C(C)C2CCN(C(=O)C(F)(F)F)CC2)n2ncccc12. The van der Waals surface area contributed by atoms with Crippen LogP contribution in [0, 0.1) is 19.8 Å². The Kier molecular flexibility index (Phi) is 7.52.